The van der Waals surface area contributed by atoms with Crippen LogP contribution in [0.4, 0.5) is 17.2 Å². The van der Waals surface area contributed by atoms with Gasteiger partial charge in [-0.25, -0.2) is 4.98 Å². The zero-order valence-electron chi connectivity index (χ0n) is 14.4. The fourth-order valence-electron chi connectivity index (χ4n) is 3.88. The third-order valence-electron chi connectivity index (χ3n) is 5.36. The maximum Gasteiger partial charge on any atom is 0.306 e. The third kappa shape index (κ3) is 3.03. The molecule has 1 amide bonds. The van der Waals surface area contributed by atoms with Crippen LogP contribution in [-0.2, 0) is 16.1 Å². The van der Waals surface area contributed by atoms with Crippen molar-refractivity contribution in [3.63, 3.8) is 0 Å². The first kappa shape index (κ1) is 16.6. The molecule has 1 fully saturated rings. The number of pyridine rings is 1. The average Bonchev–Trinajstić information content (AvgIpc) is 2.84. The molecule has 26 heavy (non-hydrogen) atoms. The number of carboxylic acid groups (broad SMARTS) is 1. The van der Waals surface area contributed by atoms with Gasteiger partial charge in [0.05, 0.1) is 23.8 Å². The number of nitrogens with zero attached hydrogens (tertiary/aromatic N) is 2. The Labute approximate surface area is 151 Å². The third-order valence-corrected chi connectivity index (χ3v) is 5.36. The first-order valence-electron chi connectivity index (χ1n) is 8.97. The molecule has 1 aliphatic heterocycles. The number of benzene rings is 1. The van der Waals surface area contributed by atoms with Crippen LogP contribution in [0.25, 0.3) is 0 Å². The van der Waals surface area contributed by atoms with E-state index in [0.29, 0.717) is 32.2 Å². The van der Waals surface area contributed by atoms with Gasteiger partial charge in [-0.3, -0.25) is 9.59 Å². The van der Waals surface area contributed by atoms with Gasteiger partial charge in [-0.2, -0.15) is 0 Å². The molecule has 2 heterocycles. The molecule has 4 rings (SSSR count). The van der Waals surface area contributed by atoms with E-state index in [9.17, 15) is 14.7 Å². The molecule has 0 radical (unpaired) electrons. The predicted octanol–water partition coefficient (Wildman–Crippen LogP) is 3.56. The molecule has 6 heteroatoms. The number of amides is 1. The summed E-state index contributed by atoms with van der Waals surface area (Å²) < 4.78 is 0. The molecule has 1 aliphatic carbocycles. The number of carboxylic acids is 1. The van der Waals surface area contributed by atoms with E-state index in [2.05, 4.69) is 10.3 Å². The lowest BCUT2D eigenvalue weighted by Crippen LogP contribution is -2.38. The van der Waals surface area contributed by atoms with Crippen LogP contribution in [0.15, 0.2) is 42.6 Å². The summed E-state index contributed by atoms with van der Waals surface area (Å²) in [4.78, 5) is 30.7. The number of carbonyl (C=O) groups excluding carboxylic acids is 1. The number of anilines is 3. The van der Waals surface area contributed by atoms with E-state index in [4.69, 9.17) is 0 Å². The van der Waals surface area contributed by atoms with Gasteiger partial charge in [-0.15, -0.1) is 0 Å². The molecular weight excluding hydrogens is 330 g/mol. The Bertz CT molecular complexity index is 844. The van der Waals surface area contributed by atoms with Crippen LogP contribution in [0.1, 0.15) is 31.2 Å². The molecule has 2 N–H and O–H groups in total. The van der Waals surface area contributed by atoms with Gasteiger partial charge in [0.2, 0.25) is 5.91 Å². The molecule has 1 aromatic heterocycles. The predicted molar refractivity (Wildman–Crippen MR) is 98.2 cm³/mol. The quantitative estimate of drug-likeness (QED) is 0.864. The van der Waals surface area contributed by atoms with Crippen LogP contribution in [0, 0.1) is 11.8 Å². The SMILES string of the molecule is O=C(O)C1CCC(C(=O)N2Cc3cccnc3Nc3ccccc32)CC1. The highest BCUT2D eigenvalue weighted by atomic mass is 16.4. The van der Waals surface area contributed by atoms with Crippen LogP contribution in [0.2, 0.25) is 0 Å². The molecule has 0 atom stereocenters. The maximum atomic E-state index is 13.3. The molecule has 6 nitrogen and oxygen atoms in total. The number of carbonyl (C=O) groups is 2. The van der Waals surface area contributed by atoms with Gasteiger partial charge in [0, 0.05) is 17.7 Å². The van der Waals surface area contributed by atoms with Crippen molar-refractivity contribution < 1.29 is 14.7 Å². The zero-order valence-corrected chi connectivity index (χ0v) is 14.4. The molecule has 1 saturated carbocycles. The second-order valence-corrected chi connectivity index (χ2v) is 6.96. The van der Waals surface area contributed by atoms with E-state index in [1.807, 2.05) is 41.3 Å². The highest BCUT2D eigenvalue weighted by Crippen LogP contribution is 2.37. The lowest BCUT2D eigenvalue weighted by atomic mass is 9.81. The van der Waals surface area contributed by atoms with Crippen molar-refractivity contribution in [3.05, 3.63) is 48.2 Å². The molecule has 1 aromatic carbocycles. The van der Waals surface area contributed by atoms with Crippen LogP contribution < -0.4 is 10.2 Å². The summed E-state index contributed by atoms with van der Waals surface area (Å²) >= 11 is 0. The fraction of sp³-hybridized carbons (Fsp3) is 0.350. The largest absolute Gasteiger partial charge is 0.481 e. The Balaban J connectivity index is 1.63. The summed E-state index contributed by atoms with van der Waals surface area (Å²) in [6.07, 6.45) is 4.12. The fourth-order valence-corrected chi connectivity index (χ4v) is 3.88. The number of aliphatic carboxylic acids is 1. The van der Waals surface area contributed by atoms with Crippen LogP contribution in [-0.4, -0.2) is 22.0 Å². The van der Waals surface area contributed by atoms with E-state index >= 15 is 0 Å². The van der Waals surface area contributed by atoms with Crippen molar-refractivity contribution in [3.8, 4) is 0 Å². The number of rotatable bonds is 2. The van der Waals surface area contributed by atoms with E-state index < -0.39 is 5.97 Å². The summed E-state index contributed by atoms with van der Waals surface area (Å²) in [7, 11) is 0. The lowest BCUT2D eigenvalue weighted by molar-refractivity contribution is -0.144. The second kappa shape index (κ2) is 6.78. The minimum absolute atomic E-state index is 0.0693. The molecule has 0 bridgehead atoms. The minimum atomic E-state index is -0.750. The normalized spacial score (nSPS) is 21.8. The number of aromatic nitrogens is 1. The highest BCUT2D eigenvalue weighted by Gasteiger charge is 2.34. The van der Waals surface area contributed by atoms with Gasteiger partial charge in [0.25, 0.3) is 0 Å². The maximum absolute atomic E-state index is 13.3. The summed E-state index contributed by atoms with van der Waals surface area (Å²) in [6.45, 7) is 0.463. The summed E-state index contributed by atoms with van der Waals surface area (Å²) in [6, 6.07) is 11.6. The Hall–Kier alpha value is -2.89. The van der Waals surface area contributed by atoms with Crippen LogP contribution >= 0.6 is 0 Å². The second-order valence-electron chi connectivity index (χ2n) is 6.96. The molecule has 0 unspecified atom stereocenters. The van der Waals surface area contributed by atoms with Crippen molar-refractivity contribution in [1.29, 1.82) is 0 Å². The first-order chi connectivity index (χ1) is 12.6. The molecule has 0 saturated heterocycles. The van der Waals surface area contributed by atoms with Gasteiger partial charge in [-0.1, -0.05) is 18.2 Å². The molecule has 2 aromatic rings. The number of para-hydroxylation sites is 2. The summed E-state index contributed by atoms with van der Waals surface area (Å²) in [5.74, 6) is -0.358. The molecule has 2 aliphatic rings. The Morgan fingerprint density at radius 1 is 1.04 bits per heavy atom. The Morgan fingerprint density at radius 3 is 2.54 bits per heavy atom. The standard InChI is InChI=1S/C20H21N3O3/c24-19(13-7-9-14(10-8-13)20(25)26)23-12-15-4-3-11-21-18(15)22-16-5-1-2-6-17(16)23/h1-6,11,13-14H,7-10,12H2,(H,21,22)(H,25,26). The average molecular weight is 351 g/mol. The van der Waals surface area contributed by atoms with Crippen LogP contribution in [0.5, 0.6) is 0 Å². The van der Waals surface area contributed by atoms with Crippen molar-refractivity contribution in [2.24, 2.45) is 11.8 Å². The van der Waals surface area contributed by atoms with Gasteiger partial charge >= 0.3 is 5.97 Å². The van der Waals surface area contributed by atoms with Gasteiger partial charge in [0.15, 0.2) is 0 Å². The smallest absolute Gasteiger partial charge is 0.306 e. The summed E-state index contributed by atoms with van der Waals surface area (Å²) in [5, 5.41) is 12.5. The number of hydrogen-bond acceptors (Lipinski definition) is 4. The monoisotopic (exact) mass is 351 g/mol. The van der Waals surface area contributed by atoms with E-state index in [0.717, 1.165) is 22.8 Å². The number of hydrogen-bond donors (Lipinski definition) is 2. The number of nitrogens with one attached hydrogen (secondary N) is 1. The van der Waals surface area contributed by atoms with Crippen molar-refractivity contribution >= 4 is 29.1 Å². The van der Waals surface area contributed by atoms with Crippen molar-refractivity contribution in [1.82, 2.24) is 4.98 Å². The molecular formula is C20H21N3O3. The zero-order chi connectivity index (χ0) is 18.1. The van der Waals surface area contributed by atoms with Crippen molar-refractivity contribution in [2.45, 2.75) is 32.2 Å². The van der Waals surface area contributed by atoms with Gasteiger partial charge in [0.1, 0.15) is 5.82 Å². The highest BCUT2D eigenvalue weighted by molar-refractivity contribution is 5.99. The topological polar surface area (TPSA) is 82.5 Å². The molecule has 0 spiro atoms. The van der Waals surface area contributed by atoms with E-state index in [-0.39, 0.29) is 17.7 Å². The first-order valence-corrected chi connectivity index (χ1v) is 8.97. The van der Waals surface area contributed by atoms with E-state index in [1.54, 1.807) is 6.20 Å². The van der Waals surface area contributed by atoms with Crippen LogP contribution in [0.3, 0.4) is 0 Å². The number of fused-ring (bicyclic) bond motifs is 2. The molecule has 134 valence electrons. The Kier molecular flexibility index (Phi) is 4.32. The lowest BCUT2D eigenvalue weighted by Gasteiger charge is -2.31. The van der Waals surface area contributed by atoms with Gasteiger partial charge < -0.3 is 15.3 Å². The van der Waals surface area contributed by atoms with E-state index in [1.165, 1.54) is 0 Å². The Morgan fingerprint density at radius 2 is 1.77 bits per heavy atom. The van der Waals surface area contributed by atoms with Gasteiger partial charge in [-0.05, 0) is 43.9 Å². The minimum Gasteiger partial charge on any atom is -0.481 e. The van der Waals surface area contributed by atoms with Crippen molar-refractivity contribution in [2.75, 3.05) is 10.2 Å². The summed E-state index contributed by atoms with van der Waals surface area (Å²) in [5.41, 5.74) is 2.67.